The molecule has 0 atom stereocenters. The second-order valence-corrected chi connectivity index (χ2v) is 7.75. The Labute approximate surface area is 136 Å². The Morgan fingerprint density at radius 1 is 0.909 bits per heavy atom. The summed E-state index contributed by atoms with van der Waals surface area (Å²) in [4.78, 5) is 0.305. The van der Waals surface area contributed by atoms with Gasteiger partial charge >= 0.3 is 0 Å². The van der Waals surface area contributed by atoms with E-state index in [-0.39, 0.29) is 0 Å². The van der Waals surface area contributed by atoms with Crippen LogP contribution in [-0.2, 0) is 23.1 Å². The highest BCUT2D eigenvalue weighted by molar-refractivity contribution is 7.89. The van der Waals surface area contributed by atoms with E-state index in [1.807, 2.05) is 36.4 Å². The number of nitrogens with one attached hydrogen (secondary N) is 1. The van der Waals surface area contributed by atoms with Crippen LogP contribution in [0.25, 0.3) is 0 Å². The van der Waals surface area contributed by atoms with Gasteiger partial charge in [0.05, 0.1) is 4.90 Å². The van der Waals surface area contributed by atoms with Gasteiger partial charge in [-0.1, -0.05) is 35.9 Å². The first-order chi connectivity index (χ1) is 10.4. The van der Waals surface area contributed by atoms with Crippen molar-refractivity contribution in [1.29, 1.82) is 0 Å². The Bertz CT molecular complexity index is 711. The average Bonchev–Trinajstić information content (AvgIpc) is 2.49. The van der Waals surface area contributed by atoms with E-state index >= 15 is 0 Å². The van der Waals surface area contributed by atoms with E-state index in [1.165, 1.54) is 18.4 Å². The Morgan fingerprint density at radius 3 is 1.82 bits per heavy atom. The van der Waals surface area contributed by atoms with Crippen molar-refractivity contribution in [2.24, 2.45) is 0 Å². The first kappa shape index (κ1) is 17.0. The van der Waals surface area contributed by atoms with Crippen LogP contribution in [0.5, 0.6) is 0 Å². The molecule has 0 aliphatic heterocycles. The largest absolute Gasteiger partial charge is 0.309 e. The van der Waals surface area contributed by atoms with Crippen LogP contribution >= 0.6 is 11.6 Å². The summed E-state index contributed by atoms with van der Waals surface area (Å²) in [7, 11) is -0.311. The molecule has 0 fully saturated rings. The Kier molecular flexibility index (Phi) is 5.58. The van der Waals surface area contributed by atoms with E-state index in [0.717, 1.165) is 22.7 Å². The van der Waals surface area contributed by atoms with Gasteiger partial charge in [0.2, 0.25) is 10.0 Å². The molecule has 0 saturated heterocycles. The van der Waals surface area contributed by atoms with E-state index in [9.17, 15) is 8.42 Å². The van der Waals surface area contributed by atoms with E-state index in [0.29, 0.717) is 11.4 Å². The van der Waals surface area contributed by atoms with Crippen molar-refractivity contribution in [3.63, 3.8) is 0 Å². The van der Waals surface area contributed by atoms with Crippen molar-refractivity contribution in [1.82, 2.24) is 9.62 Å². The molecule has 0 spiro atoms. The average molecular weight is 339 g/mol. The molecule has 0 amide bonds. The molecule has 22 heavy (non-hydrogen) atoms. The van der Waals surface area contributed by atoms with Gasteiger partial charge in [0.1, 0.15) is 0 Å². The van der Waals surface area contributed by atoms with Gasteiger partial charge in [-0.25, -0.2) is 12.7 Å². The fourth-order valence-corrected chi connectivity index (χ4v) is 2.97. The lowest BCUT2D eigenvalue weighted by molar-refractivity contribution is 0.520. The molecule has 0 radical (unpaired) electrons. The Hall–Kier alpha value is -1.40. The molecular formula is C16H19ClN2O2S. The lowest BCUT2D eigenvalue weighted by atomic mass is 10.2. The molecule has 0 bridgehead atoms. The summed E-state index contributed by atoms with van der Waals surface area (Å²) in [5, 5.41) is 4.04. The third-order valence-electron chi connectivity index (χ3n) is 3.27. The van der Waals surface area contributed by atoms with Crippen molar-refractivity contribution >= 4 is 21.6 Å². The van der Waals surface area contributed by atoms with E-state index in [2.05, 4.69) is 5.32 Å². The Morgan fingerprint density at radius 2 is 1.36 bits per heavy atom. The molecule has 0 aliphatic carbocycles. The predicted octanol–water partition coefficient (Wildman–Crippen LogP) is 2.88. The van der Waals surface area contributed by atoms with Gasteiger partial charge in [-0.3, -0.25) is 0 Å². The van der Waals surface area contributed by atoms with Gasteiger partial charge < -0.3 is 5.32 Å². The molecule has 0 aliphatic rings. The van der Waals surface area contributed by atoms with Crippen LogP contribution in [0, 0.1) is 0 Å². The molecule has 0 heterocycles. The summed E-state index contributed by atoms with van der Waals surface area (Å²) in [6.45, 7) is 1.40. The highest BCUT2D eigenvalue weighted by Gasteiger charge is 2.16. The van der Waals surface area contributed by atoms with Crippen LogP contribution < -0.4 is 5.32 Å². The molecule has 6 heteroatoms. The maximum atomic E-state index is 12.0. The minimum Gasteiger partial charge on any atom is -0.309 e. The topological polar surface area (TPSA) is 49.4 Å². The molecule has 4 nitrogen and oxygen atoms in total. The number of hydrogen-bond donors (Lipinski definition) is 1. The minimum absolute atomic E-state index is 0.305. The lowest BCUT2D eigenvalue weighted by Gasteiger charge is -2.12. The SMILES string of the molecule is CN(C)S(=O)(=O)c1ccc(CNCc2ccc(Cl)cc2)cc1. The van der Waals surface area contributed by atoms with Gasteiger partial charge in [-0.2, -0.15) is 0 Å². The molecular weight excluding hydrogens is 320 g/mol. The number of sulfonamides is 1. The van der Waals surface area contributed by atoms with Gasteiger partial charge in [0.15, 0.2) is 0 Å². The summed E-state index contributed by atoms with van der Waals surface area (Å²) in [5.41, 5.74) is 2.18. The summed E-state index contributed by atoms with van der Waals surface area (Å²) < 4.78 is 25.1. The van der Waals surface area contributed by atoms with Crippen LogP contribution in [0.1, 0.15) is 11.1 Å². The fourth-order valence-electron chi connectivity index (χ4n) is 1.94. The zero-order valence-corrected chi connectivity index (χ0v) is 14.2. The van der Waals surface area contributed by atoms with E-state index in [1.54, 1.807) is 12.1 Å². The number of nitrogens with zero attached hydrogens (tertiary/aromatic N) is 1. The van der Waals surface area contributed by atoms with Crippen molar-refractivity contribution in [3.05, 3.63) is 64.7 Å². The van der Waals surface area contributed by atoms with Gasteiger partial charge in [0, 0.05) is 32.2 Å². The molecule has 2 aromatic carbocycles. The summed E-state index contributed by atoms with van der Waals surface area (Å²) in [5.74, 6) is 0. The zero-order valence-electron chi connectivity index (χ0n) is 12.6. The molecule has 2 aromatic rings. The molecule has 0 saturated carbocycles. The van der Waals surface area contributed by atoms with Crippen molar-refractivity contribution in [2.75, 3.05) is 14.1 Å². The number of benzene rings is 2. The number of rotatable bonds is 6. The van der Waals surface area contributed by atoms with Gasteiger partial charge in [0.25, 0.3) is 0 Å². The predicted molar refractivity (Wildman–Crippen MR) is 89.3 cm³/mol. The molecule has 118 valence electrons. The lowest BCUT2D eigenvalue weighted by Crippen LogP contribution is -2.22. The molecule has 0 aromatic heterocycles. The van der Waals surface area contributed by atoms with Crippen LogP contribution in [0.3, 0.4) is 0 Å². The van der Waals surface area contributed by atoms with Crippen LogP contribution in [0.4, 0.5) is 0 Å². The third kappa shape index (κ3) is 4.30. The number of hydrogen-bond acceptors (Lipinski definition) is 3. The highest BCUT2D eigenvalue weighted by Crippen LogP contribution is 2.14. The normalized spacial score (nSPS) is 11.8. The van der Waals surface area contributed by atoms with Crippen LogP contribution in [0.15, 0.2) is 53.4 Å². The van der Waals surface area contributed by atoms with Gasteiger partial charge in [-0.05, 0) is 35.4 Å². The van der Waals surface area contributed by atoms with Gasteiger partial charge in [-0.15, -0.1) is 0 Å². The first-order valence-corrected chi connectivity index (χ1v) is 8.68. The van der Waals surface area contributed by atoms with E-state index in [4.69, 9.17) is 11.6 Å². The minimum atomic E-state index is -3.36. The smallest absolute Gasteiger partial charge is 0.242 e. The number of halogens is 1. The standard InChI is InChI=1S/C16H19ClN2O2S/c1-19(2)22(20,21)16-9-5-14(6-10-16)12-18-11-13-3-7-15(17)8-4-13/h3-10,18H,11-12H2,1-2H3. The summed E-state index contributed by atoms with van der Waals surface area (Å²) in [6.07, 6.45) is 0. The first-order valence-electron chi connectivity index (χ1n) is 6.86. The van der Waals surface area contributed by atoms with Crippen molar-refractivity contribution in [2.45, 2.75) is 18.0 Å². The fraction of sp³-hybridized carbons (Fsp3) is 0.250. The van der Waals surface area contributed by atoms with Crippen LogP contribution in [-0.4, -0.2) is 26.8 Å². The van der Waals surface area contributed by atoms with Crippen molar-refractivity contribution < 1.29 is 8.42 Å². The Balaban J connectivity index is 1.93. The second-order valence-electron chi connectivity index (χ2n) is 5.16. The highest BCUT2D eigenvalue weighted by atomic mass is 35.5. The monoisotopic (exact) mass is 338 g/mol. The molecule has 1 N–H and O–H groups in total. The molecule has 0 unspecified atom stereocenters. The van der Waals surface area contributed by atoms with Crippen molar-refractivity contribution in [3.8, 4) is 0 Å². The summed E-state index contributed by atoms with van der Waals surface area (Å²) in [6, 6.07) is 14.6. The zero-order chi connectivity index (χ0) is 16.2. The maximum absolute atomic E-state index is 12.0. The second kappa shape index (κ2) is 7.24. The van der Waals surface area contributed by atoms with Crippen LogP contribution in [0.2, 0.25) is 5.02 Å². The third-order valence-corrected chi connectivity index (χ3v) is 5.35. The van der Waals surface area contributed by atoms with E-state index < -0.39 is 10.0 Å². The molecule has 2 rings (SSSR count). The maximum Gasteiger partial charge on any atom is 0.242 e. The summed E-state index contributed by atoms with van der Waals surface area (Å²) >= 11 is 5.84. The quantitative estimate of drug-likeness (QED) is 0.881.